The highest BCUT2D eigenvalue weighted by Crippen LogP contribution is 2.33. The van der Waals surface area contributed by atoms with Gasteiger partial charge in [0.05, 0.1) is 13.0 Å². The Hall–Kier alpha value is -1.16. The predicted molar refractivity (Wildman–Crippen MR) is 75.9 cm³/mol. The molecule has 4 heteroatoms. The Morgan fingerprint density at radius 3 is 2.26 bits per heavy atom. The van der Waals surface area contributed by atoms with Crippen LogP contribution in [0.5, 0.6) is 0 Å². The number of benzene rings is 1. The smallest absolute Gasteiger partial charge is 0.309 e. The number of rotatable bonds is 3. The van der Waals surface area contributed by atoms with Crippen molar-refractivity contribution in [1.82, 2.24) is 0 Å². The van der Waals surface area contributed by atoms with Gasteiger partial charge in [-0.05, 0) is 25.0 Å². The summed E-state index contributed by atoms with van der Waals surface area (Å²) in [6.07, 6.45) is 3.51. The second kappa shape index (κ2) is 6.33. The molecule has 19 heavy (non-hydrogen) atoms. The first-order valence-electron chi connectivity index (χ1n) is 6.51. The number of hydrogen-bond acceptors (Lipinski definition) is 3. The molecule has 1 aliphatic rings. The number of halogens is 1. The van der Waals surface area contributed by atoms with Gasteiger partial charge in [-0.1, -0.05) is 40.9 Å². The van der Waals surface area contributed by atoms with Crippen LogP contribution < -0.4 is 0 Å². The fourth-order valence-corrected chi connectivity index (χ4v) is 2.97. The second-order valence-electron chi connectivity index (χ2n) is 4.89. The molecule has 2 rings (SSSR count). The molecule has 1 aromatic carbocycles. The molecule has 1 saturated carbocycles. The summed E-state index contributed by atoms with van der Waals surface area (Å²) in [5.41, 5.74) is 0.670. The van der Waals surface area contributed by atoms with Crippen LogP contribution in [0.25, 0.3) is 0 Å². The quantitative estimate of drug-likeness (QED) is 0.630. The van der Waals surface area contributed by atoms with Crippen molar-refractivity contribution in [1.29, 1.82) is 0 Å². The summed E-state index contributed by atoms with van der Waals surface area (Å²) in [5.74, 6) is -0.713. The molecule has 0 aromatic heterocycles. The van der Waals surface area contributed by atoms with Crippen LogP contribution in [-0.2, 0) is 9.53 Å². The number of Topliss-reactive ketones (excluding diaryl/α,β-unsaturated/α-hetero) is 1. The Bertz CT molecular complexity index is 467. The minimum absolute atomic E-state index is 0.0580. The molecule has 3 nitrogen and oxygen atoms in total. The molecule has 0 spiro atoms. The zero-order valence-electron chi connectivity index (χ0n) is 10.9. The summed E-state index contributed by atoms with van der Waals surface area (Å²) >= 11 is 3.35. The number of methoxy groups -OCH3 is 1. The average molecular weight is 325 g/mol. The fraction of sp³-hybridized carbons (Fsp3) is 0.467. The molecule has 0 radical (unpaired) electrons. The highest BCUT2D eigenvalue weighted by atomic mass is 79.9. The molecule has 0 N–H and O–H groups in total. The lowest BCUT2D eigenvalue weighted by Gasteiger charge is -2.28. The number of carbonyl (C=O) groups is 2. The molecule has 0 unspecified atom stereocenters. The number of esters is 1. The Labute approximate surface area is 121 Å². The van der Waals surface area contributed by atoms with Crippen LogP contribution in [0.2, 0.25) is 0 Å². The van der Waals surface area contributed by atoms with Gasteiger partial charge in [0.15, 0.2) is 5.78 Å². The first-order valence-corrected chi connectivity index (χ1v) is 7.30. The van der Waals surface area contributed by atoms with E-state index in [1.54, 1.807) is 12.1 Å². The normalized spacial score (nSPS) is 22.8. The van der Waals surface area contributed by atoms with Gasteiger partial charge < -0.3 is 4.74 Å². The Kier molecular flexibility index (Phi) is 4.75. The van der Waals surface area contributed by atoms with Crippen LogP contribution in [0.3, 0.4) is 0 Å². The first-order chi connectivity index (χ1) is 9.13. The lowest BCUT2D eigenvalue weighted by molar-refractivity contribution is -0.147. The van der Waals surface area contributed by atoms with E-state index in [0.29, 0.717) is 5.56 Å². The molecular weight excluding hydrogens is 308 g/mol. The molecule has 1 aliphatic carbocycles. The summed E-state index contributed by atoms with van der Waals surface area (Å²) in [5, 5.41) is 0. The van der Waals surface area contributed by atoms with Crippen molar-refractivity contribution >= 4 is 27.7 Å². The van der Waals surface area contributed by atoms with E-state index in [0.717, 1.165) is 30.2 Å². The van der Waals surface area contributed by atoms with Gasteiger partial charge in [-0.2, -0.15) is 0 Å². The third kappa shape index (κ3) is 3.24. The van der Waals surface area contributed by atoms with Crippen molar-refractivity contribution in [3.63, 3.8) is 0 Å². The molecular formula is C15H17BrO3. The second-order valence-corrected chi connectivity index (χ2v) is 5.81. The van der Waals surface area contributed by atoms with Crippen LogP contribution in [-0.4, -0.2) is 18.9 Å². The maximum absolute atomic E-state index is 12.5. The number of carbonyl (C=O) groups excluding carboxylic acids is 2. The molecule has 0 aliphatic heterocycles. The first kappa shape index (κ1) is 14.3. The summed E-state index contributed by atoms with van der Waals surface area (Å²) in [7, 11) is 1.39. The summed E-state index contributed by atoms with van der Waals surface area (Å²) < 4.78 is 5.77. The Morgan fingerprint density at radius 1 is 1.11 bits per heavy atom. The van der Waals surface area contributed by atoms with Gasteiger partial charge in [0, 0.05) is 16.0 Å². The summed E-state index contributed by atoms with van der Waals surface area (Å²) in [6.45, 7) is 0. The van der Waals surface area contributed by atoms with Crippen LogP contribution >= 0.6 is 15.9 Å². The van der Waals surface area contributed by atoms with Gasteiger partial charge in [-0.25, -0.2) is 0 Å². The maximum Gasteiger partial charge on any atom is 0.309 e. The van der Waals surface area contributed by atoms with Gasteiger partial charge in [-0.15, -0.1) is 0 Å². The number of ketones is 1. The van der Waals surface area contributed by atoms with E-state index < -0.39 is 0 Å². The zero-order valence-corrected chi connectivity index (χ0v) is 12.5. The lowest BCUT2D eigenvalue weighted by atomic mass is 9.75. The molecule has 0 saturated heterocycles. The highest BCUT2D eigenvalue weighted by Gasteiger charge is 2.36. The Balaban J connectivity index is 2.20. The van der Waals surface area contributed by atoms with E-state index in [-0.39, 0.29) is 23.6 Å². The van der Waals surface area contributed by atoms with E-state index >= 15 is 0 Å². The van der Waals surface area contributed by atoms with Crippen molar-refractivity contribution in [3.8, 4) is 0 Å². The third-order valence-corrected chi connectivity index (χ3v) is 4.26. The molecule has 2 atom stereocenters. The van der Waals surface area contributed by atoms with Gasteiger partial charge in [0.2, 0.25) is 0 Å². The Morgan fingerprint density at radius 2 is 1.68 bits per heavy atom. The van der Waals surface area contributed by atoms with E-state index in [1.807, 2.05) is 12.1 Å². The van der Waals surface area contributed by atoms with E-state index in [2.05, 4.69) is 15.9 Å². The van der Waals surface area contributed by atoms with Crippen molar-refractivity contribution < 1.29 is 14.3 Å². The van der Waals surface area contributed by atoms with Crippen LogP contribution in [0.4, 0.5) is 0 Å². The minimum atomic E-state index is -0.283. The van der Waals surface area contributed by atoms with Crippen molar-refractivity contribution in [2.45, 2.75) is 25.7 Å². The predicted octanol–water partition coefficient (Wildman–Crippen LogP) is 3.61. The lowest BCUT2D eigenvalue weighted by Crippen LogP contribution is -2.33. The zero-order chi connectivity index (χ0) is 13.8. The van der Waals surface area contributed by atoms with Crippen LogP contribution in [0.1, 0.15) is 36.0 Å². The number of hydrogen-bond donors (Lipinski definition) is 0. The van der Waals surface area contributed by atoms with Crippen LogP contribution in [0, 0.1) is 11.8 Å². The molecule has 1 aromatic rings. The van der Waals surface area contributed by atoms with Gasteiger partial charge >= 0.3 is 5.97 Å². The van der Waals surface area contributed by atoms with E-state index in [1.165, 1.54) is 7.11 Å². The van der Waals surface area contributed by atoms with E-state index in [9.17, 15) is 9.59 Å². The minimum Gasteiger partial charge on any atom is -0.469 e. The largest absolute Gasteiger partial charge is 0.469 e. The third-order valence-electron chi connectivity index (χ3n) is 3.74. The average Bonchev–Trinajstić information content (AvgIpc) is 2.46. The highest BCUT2D eigenvalue weighted by molar-refractivity contribution is 9.10. The van der Waals surface area contributed by atoms with E-state index in [4.69, 9.17) is 4.74 Å². The van der Waals surface area contributed by atoms with Crippen molar-refractivity contribution in [3.05, 3.63) is 34.3 Å². The molecule has 1 fully saturated rings. The molecule has 0 bridgehead atoms. The molecule has 102 valence electrons. The van der Waals surface area contributed by atoms with Crippen molar-refractivity contribution in [2.24, 2.45) is 11.8 Å². The fourth-order valence-electron chi connectivity index (χ4n) is 2.71. The SMILES string of the molecule is COC(=O)[C@H]1CCCC[C@H]1C(=O)c1ccc(Br)cc1. The number of ether oxygens (including phenoxy) is 1. The summed E-state index contributed by atoms with van der Waals surface area (Å²) in [4.78, 5) is 24.3. The monoisotopic (exact) mass is 324 g/mol. The van der Waals surface area contributed by atoms with Crippen LogP contribution in [0.15, 0.2) is 28.7 Å². The molecule has 0 amide bonds. The maximum atomic E-state index is 12.5. The summed E-state index contributed by atoms with van der Waals surface area (Å²) in [6, 6.07) is 7.30. The van der Waals surface area contributed by atoms with Gasteiger partial charge in [0.25, 0.3) is 0 Å². The van der Waals surface area contributed by atoms with Crippen molar-refractivity contribution in [2.75, 3.05) is 7.11 Å². The topological polar surface area (TPSA) is 43.4 Å². The van der Waals surface area contributed by atoms with Gasteiger partial charge in [-0.3, -0.25) is 9.59 Å². The molecule has 0 heterocycles. The van der Waals surface area contributed by atoms with Gasteiger partial charge in [0.1, 0.15) is 0 Å². The standard InChI is InChI=1S/C15H17BrO3/c1-19-15(18)13-5-3-2-4-12(13)14(17)10-6-8-11(16)9-7-10/h6-9,12-13H,2-5H2,1H3/t12-,13+/m1/s1.